The lowest BCUT2D eigenvalue weighted by molar-refractivity contribution is -0.161. The molecule has 0 amide bonds. The Labute approximate surface area is 600 Å². The number of esters is 4. The van der Waals surface area contributed by atoms with E-state index in [1.807, 2.05) is 0 Å². The van der Waals surface area contributed by atoms with Gasteiger partial charge in [-0.25, -0.2) is 9.13 Å². The van der Waals surface area contributed by atoms with Crippen LogP contribution >= 0.6 is 15.6 Å². The summed E-state index contributed by atoms with van der Waals surface area (Å²) in [4.78, 5) is 72.8. The van der Waals surface area contributed by atoms with Crippen molar-refractivity contribution in [1.82, 2.24) is 0 Å². The molecule has 0 spiro atoms. The van der Waals surface area contributed by atoms with Gasteiger partial charge in [0.25, 0.3) is 0 Å². The highest BCUT2D eigenvalue weighted by molar-refractivity contribution is 7.47. The Bertz CT molecular complexity index is 1880. The highest BCUT2D eigenvalue weighted by Gasteiger charge is 2.30. The molecule has 0 aromatic rings. The Morgan fingerprint density at radius 3 is 0.724 bits per heavy atom. The number of hydrogen-bond donors (Lipinski definition) is 3. The molecule has 0 saturated heterocycles. The molecule has 19 heteroatoms. The number of carbonyl (C=O) groups excluding carboxylic acids is 4. The fourth-order valence-corrected chi connectivity index (χ4v) is 13.8. The van der Waals surface area contributed by atoms with Gasteiger partial charge in [0.1, 0.15) is 19.3 Å². The largest absolute Gasteiger partial charge is 0.472 e. The second kappa shape index (κ2) is 72.0. The number of phosphoric ester groups is 2. The zero-order valence-electron chi connectivity index (χ0n) is 63.9. The van der Waals surface area contributed by atoms with Crippen LogP contribution in [0.1, 0.15) is 420 Å². The number of hydrogen-bond acceptors (Lipinski definition) is 15. The first-order valence-electron chi connectivity index (χ1n) is 41.2. The third kappa shape index (κ3) is 71.1. The SMILES string of the molecule is CCCCCCCCCCCCCCCCC(=O)OC[C@H](COP(=O)(O)OC[C@@H](O)COP(=O)(O)OC[C@@H](COC(=O)CCCCCCCCCC)OC(=O)CCCCCCCCCCCCCCCC)OC(=O)CCCCCCCCCCCCCCCCCCCCC(C)CC. The Balaban J connectivity index is 5.17. The molecule has 6 atom stereocenters. The molecule has 0 aliphatic heterocycles. The minimum absolute atomic E-state index is 0.108. The van der Waals surface area contributed by atoms with E-state index < -0.39 is 97.5 Å². The fraction of sp³-hybridized carbons (Fsp3) is 0.949. The summed E-state index contributed by atoms with van der Waals surface area (Å²) in [5, 5.41) is 10.6. The first kappa shape index (κ1) is 96.1. The zero-order valence-corrected chi connectivity index (χ0v) is 65.7. The van der Waals surface area contributed by atoms with Crippen LogP contribution in [-0.2, 0) is 65.4 Å². The minimum Gasteiger partial charge on any atom is -0.462 e. The number of phosphoric acid groups is 2. The van der Waals surface area contributed by atoms with Crippen LogP contribution < -0.4 is 0 Å². The summed E-state index contributed by atoms with van der Waals surface area (Å²) in [6.45, 7) is 7.36. The molecule has 17 nitrogen and oxygen atoms in total. The number of unbranched alkanes of at least 4 members (excludes halogenated alkanes) is 50. The maximum absolute atomic E-state index is 13.1. The number of ether oxygens (including phenoxy) is 4. The lowest BCUT2D eigenvalue weighted by atomic mass is 9.99. The minimum atomic E-state index is -4.96. The van der Waals surface area contributed by atoms with Gasteiger partial charge in [0, 0.05) is 25.7 Å². The summed E-state index contributed by atoms with van der Waals surface area (Å²) in [7, 11) is -9.91. The molecule has 0 fully saturated rings. The van der Waals surface area contributed by atoms with Crippen LogP contribution in [0.4, 0.5) is 0 Å². The van der Waals surface area contributed by atoms with E-state index in [-0.39, 0.29) is 25.7 Å². The maximum Gasteiger partial charge on any atom is 0.472 e. The summed E-state index contributed by atoms with van der Waals surface area (Å²) in [6, 6.07) is 0. The van der Waals surface area contributed by atoms with Gasteiger partial charge in [0.2, 0.25) is 0 Å². The van der Waals surface area contributed by atoms with Gasteiger partial charge in [0.15, 0.2) is 12.2 Å². The number of aliphatic hydroxyl groups is 1. The van der Waals surface area contributed by atoms with Crippen molar-refractivity contribution in [3.63, 3.8) is 0 Å². The Morgan fingerprint density at radius 1 is 0.286 bits per heavy atom. The molecule has 0 aromatic heterocycles. The van der Waals surface area contributed by atoms with Crippen molar-refractivity contribution < 1.29 is 80.2 Å². The molecule has 0 heterocycles. The van der Waals surface area contributed by atoms with E-state index in [9.17, 15) is 43.2 Å². The van der Waals surface area contributed by atoms with Crippen LogP contribution in [0, 0.1) is 5.92 Å². The van der Waals surface area contributed by atoms with Gasteiger partial charge in [-0.05, 0) is 31.6 Å². The molecule has 0 rings (SSSR count). The summed E-state index contributed by atoms with van der Waals surface area (Å²) in [5.41, 5.74) is 0. The highest BCUT2D eigenvalue weighted by atomic mass is 31.2. The average molecular weight is 1440 g/mol. The third-order valence-electron chi connectivity index (χ3n) is 18.9. The third-order valence-corrected chi connectivity index (χ3v) is 20.8. The van der Waals surface area contributed by atoms with E-state index in [2.05, 4.69) is 34.6 Å². The normalized spacial score (nSPS) is 14.2. The summed E-state index contributed by atoms with van der Waals surface area (Å²) < 4.78 is 68.6. The van der Waals surface area contributed by atoms with Crippen molar-refractivity contribution in [2.45, 2.75) is 438 Å². The number of carbonyl (C=O) groups is 4. The molecular weight excluding hydrogens is 1280 g/mol. The van der Waals surface area contributed by atoms with Gasteiger partial charge in [-0.15, -0.1) is 0 Å². The van der Waals surface area contributed by atoms with Crippen molar-refractivity contribution in [3.05, 3.63) is 0 Å². The van der Waals surface area contributed by atoms with Crippen LogP contribution in [-0.4, -0.2) is 96.7 Å². The Hall–Kier alpha value is -1.94. The summed E-state index contributed by atoms with van der Waals surface area (Å²) >= 11 is 0. The molecular formula is C79H154O17P2. The molecule has 0 radical (unpaired) electrons. The fourth-order valence-electron chi connectivity index (χ4n) is 12.2. The monoisotopic (exact) mass is 1440 g/mol. The quantitative estimate of drug-likeness (QED) is 0.0222. The highest BCUT2D eigenvalue weighted by Crippen LogP contribution is 2.45. The molecule has 0 bridgehead atoms. The van der Waals surface area contributed by atoms with E-state index in [0.717, 1.165) is 102 Å². The van der Waals surface area contributed by atoms with Crippen molar-refractivity contribution in [1.29, 1.82) is 0 Å². The zero-order chi connectivity index (χ0) is 71.9. The Morgan fingerprint density at radius 2 is 0.490 bits per heavy atom. The van der Waals surface area contributed by atoms with E-state index in [1.165, 1.54) is 238 Å². The van der Waals surface area contributed by atoms with Crippen LogP contribution in [0.25, 0.3) is 0 Å². The van der Waals surface area contributed by atoms with Crippen molar-refractivity contribution in [2.24, 2.45) is 5.92 Å². The van der Waals surface area contributed by atoms with E-state index >= 15 is 0 Å². The first-order valence-corrected chi connectivity index (χ1v) is 44.2. The van der Waals surface area contributed by atoms with Crippen LogP contribution in [0.5, 0.6) is 0 Å². The second-order valence-electron chi connectivity index (χ2n) is 28.7. The lowest BCUT2D eigenvalue weighted by Gasteiger charge is -2.21. The molecule has 582 valence electrons. The number of rotatable bonds is 79. The molecule has 98 heavy (non-hydrogen) atoms. The topological polar surface area (TPSA) is 237 Å². The standard InChI is InChI=1S/C79H154O17P2/c1-6-10-13-16-19-22-24-26-35-39-43-48-53-58-63-77(82)90-69-75(96-79(84)65-60-55-50-45-41-37-33-31-29-28-30-32-34-38-42-46-51-56-61-72(5)9-4)71-94-98(87,88)92-67-73(80)66-91-97(85,86)93-70-74(68-89-76(81)62-57-52-47-21-18-15-12-8-3)95-78(83)64-59-54-49-44-40-36-27-25-23-20-17-14-11-7-2/h72-75,80H,6-71H2,1-5H3,(H,85,86)(H,87,88)/t72?,73-,74+,75+/m0/s1. The molecule has 0 saturated carbocycles. The first-order chi connectivity index (χ1) is 47.6. The van der Waals surface area contributed by atoms with Gasteiger partial charge in [-0.2, -0.15) is 0 Å². The van der Waals surface area contributed by atoms with Crippen LogP contribution in [0.3, 0.4) is 0 Å². The van der Waals surface area contributed by atoms with Crippen molar-refractivity contribution in [2.75, 3.05) is 39.6 Å². The van der Waals surface area contributed by atoms with Gasteiger partial charge < -0.3 is 33.8 Å². The van der Waals surface area contributed by atoms with E-state index in [0.29, 0.717) is 25.7 Å². The van der Waals surface area contributed by atoms with E-state index in [4.69, 9.17) is 37.0 Å². The predicted molar refractivity (Wildman–Crippen MR) is 400 cm³/mol. The molecule has 0 aliphatic carbocycles. The molecule has 3 N–H and O–H groups in total. The Kier molecular flexibility index (Phi) is 70.6. The average Bonchev–Trinajstić information content (AvgIpc) is 1.23. The molecule has 0 aromatic carbocycles. The number of aliphatic hydroxyl groups excluding tert-OH is 1. The van der Waals surface area contributed by atoms with Gasteiger partial charge in [-0.1, -0.05) is 369 Å². The molecule has 0 aliphatic rings. The second-order valence-corrected chi connectivity index (χ2v) is 31.6. The van der Waals surface area contributed by atoms with E-state index in [1.54, 1.807) is 0 Å². The molecule has 3 unspecified atom stereocenters. The van der Waals surface area contributed by atoms with Gasteiger partial charge >= 0.3 is 39.5 Å². The summed E-state index contributed by atoms with van der Waals surface area (Å²) in [5.74, 6) is -1.24. The van der Waals surface area contributed by atoms with Gasteiger partial charge in [0.05, 0.1) is 26.4 Å². The summed E-state index contributed by atoms with van der Waals surface area (Å²) in [6.07, 6.45) is 62.4. The van der Waals surface area contributed by atoms with Crippen molar-refractivity contribution in [3.8, 4) is 0 Å². The predicted octanol–water partition coefficient (Wildman–Crippen LogP) is 23.6. The van der Waals surface area contributed by atoms with Crippen molar-refractivity contribution >= 4 is 39.5 Å². The smallest absolute Gasteiger partial charge is 0.462 e. The van der Waals surface area contributed by atoms with Crippen LogP contribution in [0.2, 0.25) is 0 Å². The van der Waals surface area contributed by atoms with Crippen LogP contribution in [0.15, 0.2) is 0 Å². The lowest BCUT2D eigenvalue weighted by Crippen LogP contribution is -2.30. The van der Waals surface area contributed by atoms with Gasteiger partial charge in [-0.3, -0.25) is 37.3 Å². The maximum atomic E-state index is 13.1.